The molecule has 1 rings (SSSR count). The summed E-state index contributed by atoms with van der Waals surface area (Å²) in [6, 6.07) is 0.867. The molecule has 88 valence electrons. The summed E-state index contributed by atoms with van der Waals surface area (Å²) in [5, 5.41) is 8.57. The average molecular weight is 233 g/mol. The molecule has 0 saturated carbocycles. The smallest absolute Gasteiger partial charge is 0.259 e. The number of amides is 1. The minimum Gasteiger partial charge on any atom is -0.395 e. The molecule has 0 saturated heterocycles. The number of halogens is 3. The van der Waals surface area contributed by atoms with E-state index in [1.54, 1.807) is 0 Å². The summed E-state index contributed by atoms with van der Waals surface area (Å²) in [4.78, 5) is 12.4. The van der Waals surface area contributed by atoms with Gasteiger partial charge in [-0.25, -0.2) is 13.2 Å². The normalized spacial score (nSPS) is 10.3. The molecule has 1 amide bonds. The quantitative estimate of drug-likeness (QED) is 0.851. The van der Waals surface area contributed by atoms with Crippen molar-refractivity contribution >= 4 is 5.91 Å². The van der Waals surface area contributed by atoms with E-state index in [1.807, 2.05) is 0 Å². The van der Waals surface area contributed by atoms with Gasteiger partial charge in [-0.2, -0.15) is 0 Å². The minimum atomic E-state index is -1.26. The average Bonchev–Trinajstić information content (AvgIpc) is 2.16. The molecule has 0 atom stereocenters. The summed E-state index contributed by atoms with van der Waals surface area (Å²) >= 11 is 0. The maximum atomic E-state index is 13.2. The molecular formula is C10H10F3NO2. The first-order chi connectivity index (χ1) is 7.47. The molecule has 0 spiro atoms. The van der Waals surface area contributed by atoms with Crippen molar-refractivity contribution in [1.82, 2.24) is 4.90 Å². The van der Waals surface area contributed by atoms with Gasteiger partial charge in [-0.15, -0.1) is 0 Å². The van der Waals surface area contributed by atoms with Crippen LogP contribution < -0.4 is 0 Å². The number of rotatable bonds is 3. The molecule has 1 aromatic carbocycles. The Bertz CT molecular complexity index is 386. The number of nitrogens with zero attached hydrogens (tertiary/aromatic N) is 1. The number of likely N-dealkylation sites (N-methyl/N-ethyl adjacent to an activating group) is 1. The van der Waals surface area contributed by atoms with E-state index in [9.17, 15) is 18.0 Å². The van der Waals surface area contributed by atoms with Gasteiger partial charge in [-0.1, -0.05) is 0 Å². The van der Waals surface area contributed by atoms with Gasteiger partial charge in [-0.05, 0) is 0 Å². The van der Waals surface area contributed by atoms with Gasteiger partial charge in [-0.3, -0.25) is 4.79 Å². The highest BCUT2D eigenvalue weighted by atomic mass is 19.1. The molecule has 0 aromatic heterocycles. The van der Waals surface area contributed by atoms with Crippen LogP contribution in [0.2, 0.25) is 0 Å². The van der Waals surface area contributed by atoms with Crippen molar-refractivity contribution in [3.05, 3.63) is 35.1 Å². The van der Waals surface area contributed by atoms with E-state index in [4.69, 9.17) is 5.11 Å². The van der Waals surface area contributed by atoms with Crippen molar-refractivity contribution in [3.8, 4) is 0 Å². The molecule has 3 nitrogen and oxygen atoms in total. The van der Waals surface area contributed by atoms with Gasteiger partial charge in [0.15, 0.2) is 0 Å². The number of aliphatic hydroxyl groups is 1. The number of hydrogen-bond donors (Lipinski definition) is 1. The van der Waals surface area contributed by atoms with Crippen LogP contribution in [0.15, 0.2) is 12.1 Å². The standard InChI is InChI=1S/C10H10F3NO2/c1-14(2-3-15)10(16)9-7(12)4-6(11)5-8(9)13/h4-5,15H,2-3H2,1H3. The van der Waals surface area contributed by atoms with Crippen LogP contribution in [-0.2, 0) is 0 Å². The molecular weight excluding hydrogens is 223 g/mol. The first-order valence-corrected chi connectivity index (χ1v) is 4.48. The molecule has 6 heteroatoms. The third-order valence-electron chi connectivity index (χ3n) is 2.00. The van der Waals surface area contributed by atoms with Gasteiger partial charge in [0.1, 0.15) is 23.0 Å². The molecule has 1 N–H and O–H groups in total. The lowest BCUT2D eigenvalue weighted by Gasteiger charge is -2.16. The molecule has 0 unspecified atom stereocenters. The van der Waals surface area contributed by atoms with Crippen molar-refractivity contribution in [2.75, 3.05) is 20.2 Å². The Kier molecular flexibility index (Phi) is 3.89. The zero-order chi connectivity index (χ0) is 12.3. The lowest BCUT2D eigenvalue weighted by atomic mass is 10.1. The molecule has 1 aromatic rings. The molecule has 0 fully saturated rings. The largest absolute Gasteiger partial charge is 0.395 e. The van der Waals surface area contributed by atoms with Crippen LogP contribution in [0.5, 0.6) is 0 Å². The van der Waals surface area contributed by atoms with E-state index >= 15 is 0 Å². The van der Waals surface area contributed by atoms with Gasteiger partial charge < -0.3 is 10.0 Å². The zero-order valence-electron chi connectivity index (χ0n) is 8.51. The first-order valence-electron chi connectivity index (χ1n) is 4.48. The van der Waals surface area contributed by atoms with Crippen LogP contribution in [0.1, 0.15) is 10.4 Å². The van der Waals surface area contributed by atoms with E-state index < -0.39 is 28.9 Å². The van der Waals surface area contributed by atoms with E-state index in [0.29, 0.717) is 12.1 Å². The third kappa shape index (κ3) is 2.52. The topological polar surface area (TPSA) is 40.5 Å². The Labute approximate surface area is 90.1 Å². The molecule has 0 aliphatic heterocycles. The highest BCUT2D eigenvalue weighted by molar-refractivity contribution is 5.94. The Hall–Kier alpha value is -1.56. The number of carbonyl (C=O) groups excluding carboxylic acids is 1. The second kappa shape index (κ2) is 4.98. The van der Waals surface area contributed by atoms with Crippen molar-refractivity contribution in [1.29, 1.82) is 0 Å². The predicted molar refractivity (Wildman–Crippen MR) is 50.4 cm³/mol. The molecule has 0 radical (unpaired) electrons. The van der Waals surface area contributed by atoms with Crippen molar-refractivity contribution < 1.29 is 23.1 Å². The summed E-state index contributed by atoms with van der Waals surface area (Å²) in [6.07, 6.45) is 0. The van der Waals surface area contributed by atoms with Crippen LogP contribution in [0, 0.1) is 17.5 Å². The number of hydrogen-bond acceptors (Lipinski definition) is 2. The van der Waals surface area contributed by atoms with Crippen LogP contribution in [0.3, 0.4) is 0 Å². The van der Waals surface area contributed by atoms with Gasteiger partial charge in [0.25, 0.3) is 5.91 Å². The second-order valence-corrected chi connectivity index (χ2v) is 3.19. The Balaban J connectivity index is 3.08. The fourth-order valence-corrected chi connectivity index (χ4v) is 1.19. The van der Waals surface area contributed by atoms with E-state index in [1.165, 1.54) is 7.05 Å². The lowest BCUT2D eigenvalue weighted by molar-refractivity contribution is 0.0757. The Morgan fingerprint density at radius 2 is 1.81 bits per heavy atom. The molecule has 0 heterocycles. The molecule has 16 heavy (non-hydrogen) atoms. The van der Waals surface area contributed by atoms with E-state index in [0.717, 1.165) is 4.90 Å². The first kappa shape index (κ1) is 12.5. The van der Waals surface area contributed by atoms with E-state index in [2.05, 4.69) is 0 Å². The Morgan fingerprint density at radius 1 is 1.31 bits per heavy atom. The van der Waals surface area contributed by atoms with Gasteiger partial charge >= 0.3 is 0 Å². The van der Waals surface area contributed by atoms with Crippen molar-refractivity contribution in [2.24, 2.45) is 0 Å². The molecule has 0 aliphatic carbocycles. The van der Waals surface area contributed by atoms with Gasteiger partial charge in [0, 0.05) is 25.7 Å². The maximum absolute atomic E-state index is 13.2. The highest BCUT2D eigenvalue weighted by Crippen LogP contribution is 2.16. The van der Waals surface area contributed by atoms with Crippen LogP contribution >= 0.6 is 0 Å². The summed E-state index contributed by atoms with van der Waals surface area (Å²) in [5.41, 5.74) is -0.822. The van der Waals surface area contributed by atoms with Crippen molar-refractivity contribution in [3.63, 3.8) is 0 Å². The Morgan fingerprint density at radius 3 is 2.25 bits per heavy atom. The fraction of sp³-hybridized carbons (Fsp3) is 0.300. The summed E-state index contributed by atoms with van der Waals surface area (Å²) in [5.74, 6) is -4.54. The SMILES string of the molecule is CN(CCO)C(=O)c1c(F)cc(F)cc1F. The predicted octanol–water partition coefficient (Wildman–Crippen LogP) is 1.17. The van der Waals surface area contributed by atoms with Crippen LogP contribution in [-0.4, -0.2) is 36.1 Å². The molecule has 0 bridgehead atoms. The monoisotopic (exact) mass is 233 g/mol. The summed E-state index contributed by atoms with van der Waals surface area (Å²) in [7, 11) is 1.28. The second-order valence-electron chi connectivity index (χ2n) is 3.19. The van der Waals surface area contributed by atoms with E-state index in [-0.39, 0.29) is 13.2 Å². The zero-order valence-corrected chi connectivity index (χ0v) is 8.51. The van der Waals surface area contributed by atoms with Crippen molar-refractivity contribution in [2.45, 2.75) is 0 Å². The number of benzene rings is 1. The lowest BCUT2D eigenvalue weighted by Crippen LogP contribution is -2.31. The van der Waals surface area contributed by atoms with Crippen LogP contribution in [0.25, 0.3) is 0 Å². The highest BCUT2D eigenvalue weighted by Gasteiger charge is 2.21. The van der Waals surface area contributed by atoms with Gasteiger partial charge in [0.2, 0.25) is 0 Å². The van der Waals surface area contributed by atoms with Crippen LogP contribution in [0.4, 0.5) is 13.2 Å². The molecule has 0 aliphatic rings. The number of carbonyl (C=O) groups is 1. The third-order valence-corrected chi connectivity index (χ3v) is 2.00. The number of aliphatic hydroxyl groups excluding tert-OH is 1. The van der Waals surface area contributed by atoms with Gasteiger partial charge in [0.05, 0.1) is 6.61 Å². The summed E-state index contributed by atoms with van der Waals surface area (Å²) < 4.78 is 38.9. The maximum Gasteiger partial charge on any atom is 0.259 e. The summed E-state index contributed by atoms with van der Waals surface area (Å²) in [6.45, 7) is -0.387. The minimum absolute atomic E-state index is 0.0604. The fourth-order valence-electron chi connectivity index (χ4n) is 1.19.